The molecular weight excluding hydrogens is 440 g/mol. The third kappa shape index (κ3) is 5.38. The Kier molecular flexibility index (Phi) is 6.79. The van der Waals surface area contributed by atoms with Crippen LogP contribution in [0.2, 0.25) is 0 Å². The number of rotatable bonds is 7. The first-order chi connectivity index (χ1) is 14.2. The zero-order valence-electron chi connectivity index (χ0n) is 17.0. The highest BCUT2D eigenvalue weighted by Gasteiger charge is 2.20. The molecule has 0 unspecified atom stereocenters. The minimum Gasteiger partial charge on any atom is -0.296 e. The maximum absolute atomic E-state index is 12.5. The van der Waals surface area contributed by atoms with Crippen LogP contribution in [0.3, 0.4) is 0 Å². The first kappa shape index (κ1) is 22.3. The zero-order chi connectivity index (χ0) is 21.9. The number of nitrogens with zero attached hydrogens (tertiary/aromatic N) is 3. The number of aromatic nitrogens is 2. The predicted molar refractivity (Wildman–Crippen MR) is 123 cm³/mol. The molecule has 10 heteroatoms. The second kappa shape index (κ2) is 9.15. The van der Waals surface area contributed by atoms with Gasteiger partial charge in [-0.25, -0.2) is 8.42 Å². The van der Waals surface area contributed by atoms with Gasteiger partial charge in [0, 0.05) is 5.56 Å². The van der Waals surface area contributed by atoms with Crippen LogP contribution >= 0.6 is 23.1 Å². The minimum absolute atomic E-state index is 0.179. The number of nitrogens with one attached hydrogen (secondary N) is 1. The third-order valence-corrected chi connectivity index (χ3v) is 7.32. The fourth-order valence-electron chi connectivity index (χ4n) is 2.81. The van der Waals surface area contributed by atoms with Crippen molar-refractivity contribution in [2.45, 2.75) is 24.7 Å². The maximum atomic E-state index is 12.5. The monoisotopic (exact) mass is 462 g/mol. The molecule has 1 aromatic heterocycles. The summed E-state index contributed by atoms with van der Waals surface area (Å²) < 4.78 is 27.1. The number of hydrogen-bond acceptors (Lipinski definition) is 7. The van der Waals surface area contributed by atoms with Crippen molar-refractivity contribution < 1.29 is 13.2 Å². The van der Waals surface area contributed by atoms with Gasteiger partial charge in [0.2, 0.25) is 15.2 Å². The normalized spacial score (nSPS) is 11.3. The highest BCUT2D eigenvalue weighted by atomic mass is 32.2. The molecule has 1 amide bonds. The molecule has 0 saturated carbocycles. The number of thioether (sulfide) groups is 1. The van der Waals surface area contributed by atoms with Crippen molar-refractivity contribution in [2.75, 3.05) is 22.1 Å². The van der Waals surface area contributed by atoms with Gasteiger partial charge < -0.3 is 0 Å². The topological polar surface area (TPSA) is 92.3 Å². The van der Waals surface area contributed by atoms with Crippen LogP contribution in [-0.4, -0.2) is 37.0 Å². The lowest BCUT2D eigenvalue weighted by molar-refractivity contribution is 0.102. The fourth-order valence-corrected chi connectivity index (χ4v) is 4.91. The molecule has 0 aliphatic rings. The molecule has 0 saturated heterocycles. The van der Waals surface area contributed by atoms with Gasteiger partial charge in [-0.2, -0.15) is 0 Å². The van der Waals surface area contributed by atoms with E-state index in [1.807, 2.05) is 38.3 Å². The van der Waals surface area contributed by atoms with Gasteiger partial charge in [-0.3, -0.25) is 14.4 Å². The van der Waals surface area contributed by atoms with Crippen LogP contribution in [0.1, 0.15) is 27.0 Å². The molecule has 0 fully saturated rings. The molecule has 7 nitrogen and oxygen atoms in total. The second-order valence-corrected chi connectivity index (χ2v) is 10.7. The number of carbonyl (C=O) groups is 1. The maximum Gasteiger partial charge on any atom is 0.257 e. The minimum atomic E-state index is -3.48. The quantitative estimate of drug-likeness (QED) is 0.420. The number of sulfonamides is 1. The van der Waals surface area contributed by atoms with Crippen molar-refractivity contribution in [3.63, 3.8) is 0 Å². The van der Waals surface area contributed by atoms with Crippen LogP contribution in [-0.2, 0) is 16.6 Å². The standard InChI is InChI=1S/C20H22N4O3S3/c1-13-5-6-14(2)17(11-13)24(30(4,26)27)12-15-7-9-16(10-8-15)18(25)21-19-22-23-20(28-3)29-19/h5-11H,12H2,1-4H3,(H,21,22,25). The molecule has 0 aliphatic carbocycles. The molecule has 2 aromatic carbocycles. The number of hydrogen-bond donors (Lipinski definition) is 1. The predicted octanol–water partition coefficient (Wildman–Crippen LogP) is 4.10. The van der Waals surface area contributed by atoms with Gasteiger partial charge in [-0.15, -0.1) is 10.2 Å². The fraction of sp³-hybridized carbons (Fsp3) is 0.250. The SMILES string of the molecule is CSc1nnc(NC(=O)c2ccc(CN(c3cc(C)ccc3C)S(C)(=O)=O)cc2)s1. The Morgan fingerprint density at radius 1 is 1.13 bits per heavy atom. The van der Waals surface area contributed by atoms with E-state index in [2.05, 4.69) is 15.5 Å². The highest BCUT2D eigenvalue weighted by molar-refractivity contribution is 8.00. The van der Waals surface area contributed by atoms with E-state index in [9.17, 15) is 13.2 Å². The third-order valence-electron chi connectivity index (χ3n) is 4.38. The summed E-state index contributed by atoms with van der Waals surface area (Å²) in [4.78, 5) is 12.4. The Hall–Kier alpha value is -2.43. The molecule has 1 heterocycles. The molecule has 0 radical (unpaired) electrons. The van der Waals surface area contributed by atoms with Gasteiger partial charge in [0.15, 0.2) is 4.34 Å². The molecular formula is C20H22N4O3S3. The van der Waals surface area contributed by atoms with Gasteiger partial charge in [0.1, 0.15) is 0 Å². The molecule has 158 valence electrons. The summed E-state index contributed by atoms with van der Waals surface area (Å²) in [5.41, 5.74) is 3.75. The van der Waals surface area contributed by atoms with Crippen molar-refractivity contribution in [3.05, 3.63) is 64.7 Å². The average Bonchev–Trinajstić information content (AvgIpc) is 3.15. The van der Waals surface area contributed by atoms with Gasteiger partial charge in [0.25, 0.3) is 5.91 Å². The summed E-state index contributed by atoms with van der Waals surface area (Å²) in [5, 5.41) is 11.0. The van der Waals surface area contributed by atoms with Gasteiger partial charge in [-0.05, 0) is 55.0 Å². The van der Waals surface area contributed by atoms with Crippen LogP contribution in [0, 0.1) is 13.8 Å². The van der Waals surface area contributed by atoms with E-state index in [4.69, 9.17) is 0 Å². The Labute approximate surface area is 184 Å². The number of anilines is 2. The van der Waals surface area contributed by atoms with E-state index in [1.165, 1.54) is 33.7 Å². The second-order valence-electron chi connectivity index (χ2n) is 6.79. The van der Waals surface area contributed by atoms with Crippen LogP contribution in [0.15, 0.2) is 46.8 Å². The number of carbonyl (C=O) groups excluding carboxylic acids is 1. The summed E-state index contributed by atoms with van der Waals surface area (Å²) in [7, 11) is -3.48. The molecule has 1 N–H and O–H groups in total. The van der Waals surface area contributed by atoms with Crippen molar-refractivity contribution in [1.82, 2.24) is 10.2 Å². The van der Waals surface area contributed by atoms with Crippen molar-refractivity contribution in [3.8, 4) is 0 Å². The lowest BCUT2D eigenvalue weighted by Crippen LogP contribution is -2.30. The van der Waals surface area contributed by atoms with E-state index >= 15 is 0 Å². The van der Waals surface area contributed by atoms with Gasteiger partial charge >= 0.3 is 0 Å². The largest absolute Gasteiger partial charge is 0.296 e. The Bertz CT molecular complexity index is 1160. The summed E-state index contributed by atoms with van der Waals surface area (Å²) in [6.45, 7) is 3.99. The smallest absolute Gasteiger partial charge is 0.257 e. The van der Waals surface area contributed by atoms with E-state index < -0.39 is 10.0 Å². The van der Waals surface area contributed by atoms with E-state index in [0.29, 0.717) is 16.4 Å². The summed E-state index contributed by atoms with van der Waals surface area (Å²) in [5.74, 6) is -0.292. The zero-order valence-corrected chi connectivity index (χ0v) is 19.5. The van der Waals surface area contributed by atoms with Crippen molar-refractivity contribution >= 4 is 49.8 Å². The van der Waals surface area contributed by atoms with E-state index in [1.54, 1.807) is 24.3 Å². The molecule has 0 atom stereocenters. The average molecular weight is 463 g/mol. The number of benzene rings is 2. The van der Waals surface area contributed by atoms with Crippen molar-refractivity contribution in [2.24, 2.45) is 0 Å². The van der Waals surface area contributed by atoms with Gasteiger partial charge in [0.05, 0.1) is 18.5 Å². The summed E-state index contributed by atoms with van der Waals surface area (Å²) in [6.07, 6.45) is 3.09. The molecule has 0 bridgehead atoms. The summed E-state index contributed by atoms with van der Waals surface area (Å²) >= 11 is 2.77. The Morgan fingerprint density at radius 3 is 2.43 bits per heavy atom. The van der Waals surface area contributed by atoms with Crippen LogP contribution in [0.4, 0.5) is 10.8 Å². The van der Waals surface area contributed by atoms with Crippen LogP contribution < -0.4 is 9.62 Å². The molecule has 3 rings (SSSR count). The molecule has 3 aromatic rings. The molecule has 30 heavy (non-hydrogen) atoms. The lowest BCUT2D eigenvalue weighted by atomic mass is 10.1. The number of amides is 1. The number of aryl methyl sites for hydroxylation is 2. The molecule has 0 spiro atoms. The molecule has 0 aliphatic heterocycles. The Morgan fingerprint density at radius 2 is 1.83 bits per heavy atom. The summed E-state index contributed by atoms with van der Waals surface area (Å²) in [6, 6.07) is 12.6. The van der Waals surface area contributed by atoms with Crippen LogP contribution in [0.25, 0.3) is 0 Å². The first-order valence-electron chi connectivity index (χ1n) is 9.00. The highest BCUT2D eigenvalue weighted by Crippen LogP contribution is 2.26. The van der Waals surface area contributed by atoms with Gasteiger partial charge in [-0.1, -0.05) is 47.4 Å². The van der Waals surface area contributed by atoms with Crippen molar-refractivity contribution in [1.29, 1.82) is 0 Å². The Balaban J connectivity index is 1.78. The van der Waals surface area contributed by atoms with Crippen LogP contribution in [0.5, 0.6) is 0 Å². The van der Waals surface area contributed by atoms with E-state index in [-0.39, 0.29) is 12.5 Å². The van der Waals surface area contributed by atoms with E-state index in [0.717, 1.165) is 21.0 Å². The first-order valence-corrected chi connectivity index (χ1v) is 12.9. The lowest BCUT2D eigenvalue weighted by Gasteiger charge is -2.25.